The number of rotatable bonds is 6. The molecule has 0 aliphatic carbocycles. The number of nitrogens with one attached hydrogen (secondary N) is 1. The second-order valence-electron chi connectivity index (χ2n) is 4.67. The number of hydrogen-bond acceptors (Lipinski definition) is 2. The smallest absolute Gasteiger partial charge is 0.364 e. The fourth-order valence-electron chi connectivity index (χ4n) is 1.13. The van der Waals surface area contributed by atoms with Crippen LogP contribution in [0.4, 0.5) is 13.2 Å². The van der Waals surface area contributed by atoms with Gasteiger partial charge >= 0.3 is 6.18 Å². The highest BCUT2D eigenvalue weighted by atomic mass is 19.4. The van der Waals surface area contributed by atoms with Crippen LogP contribution in [0.2, 0.25) is 0 Å². The molecule has 0 radical (unpaired) electrons. The van der Waals surface area contributed by atoms with Crippen molar-refractivity contribution in [1.29, 1.82) is 0 Å². The molecule has 0 aromatic carbocycles. The second-order valence-corrected chi connectivity index (χ2v) is 4.67. The van der Waals surface area contributed by atoms with E-state index in [0.717, 1.165) is 6.92 Å². The lowest BCUT2D eigenvalue weighted by Crippen LogP contribution is -2.41. The van der Waals surface area contributed by atoms with E-state index in [1.165, 1.54) is 0 Å². The molecule has 0 aromatic rings. The highest BCUT2D eigenvalue weighted by Crippen LogP contribution is 2.24. The van der Waals surface area contributed by atoms with Crippen LogP contribution in [0.1, 0.15) is 34.6 Å². The summed E-state index contributed by atoms with van der Waals surface area (Å²) in [4.78, 5) is 0. The summed E-state index contributed by atoms with van der Waals surface area (Å²) in [5.41, 5.74) is 0. The molecule has 0 amide bonds. The first-order valence-corrected chi connectivity index (χ1v) is 5.60. The molecule has 0 bridgehead atoms. The third kappa shape index (κ3) is 6.33. The third-order valence-electron chi connectivity index (χ3n) is 2.31. The molecule has 2 atom stereocenters. The molecular weight excluding hydrogens is 219 g/mol. The molecule has 0 saturated carbocycles. The summed E-state index contributed by atoms with van der Waals surface area (Å²) in [7, 11) is 0. The topological polar surface area (TPSA) is 21.3 Å². The summed E-state index contributed by atoms with van der Waals surface area (Å²) < 4.78 is 42.0. The van der Waals surface area contributed by atoms with Gasteiger partial charge in [-0.1, -0.05) is 27.7 Å². The Morgan fingerprint density at radius 1 is 1.06 bits per heavy atom. The molecule has 0 aliphatic rings. The lowest BCUT2D eigenvalue weighted by atomic mass is 10.1. The van der Waals surface area contributed by atoms with E-state index in [9.17, 15) is 13.2 Å². The standard InChI is InChI=1S/C11H22F3NO/c1-7(2)10(6-15-8(3)4)16-9(5)11(12,13)14/h7-10,15H,6H2,1-5H3. The van der Waals surface area contributed by atoms with E-state index in [1.807, 2.05) is 27.7 Å². The molecule has 0 rings (SSSR count). The van der Waals surface area contributed by atoms with E-state index in [2.05, 4.69) is 5.32 Å². The van der Waals surface area contributed by atoms with Crippen LogP contribution < -0.4 is 5.32 Å². The van der Waals surface area contributed by atoms with E-state index < -0.39 is 18.4 Å². The summed E-state index contributed by atoms with van der Waals surface area (Å²) in [5.74, 6) is 0.0519. The average Bonchev–Trinajstić information content (AvgIpc) is 2.09. The highest BCUT2D eigenvalue weighted by molar-refractivity contribution is 4.71. The minimum absolute atomic E-state index is 0.0519. The van der Waals surface area contributed by atoms with E-state index in [4.69, 9.17) is 4.74 Å². The minimum atomic E-state index is -4.29. The van der Waals surface area contributed by atoms with Crippen molar-refractivity contribution < 1.29 is 17.9 Å². The molecular formula is C11H22F3NO. The Hall–Kier alpha value is -0.290. The summed E-state index contributed by atoms with van der Waals surface area (Å²) in [6.45, 7) is 9.10. The first kappa shape index (κ1) is 15.7. The van der Waals surface area contributed by atoms with Crippen LogP contribution in [0.5, 0.6) is 0 Å². The SMILES string of the molecule is CC(C)NCC(OC(C)C(F)(F)F)C(C)C. The van der Waals surface area contributed by atoms with Gasteiger partial charge in [-0.3, -0.25) is 0 Å². The van der Waals surface area contributed by atoms with Gasteiger partial charge in [-0.25, -0.2) is 0 Å². The molecule has 0 heterocycles. The van der Waals surface area contributed by atoms with Crippen LogP contribution in [-0.2, 0) is 4.74 Å². The van der Waals surface area contributed by atoms with Crippen molar-refractivity contribution in [2.24, 2.45) is 5.92 Å². The molecule has 0 spiro atoms. The maximum atomic E-state index is 12.3. The molecule has 2 unspecified atom stereocenters. The average molecular weight is 241 g/mol. The van der Waals surface area contributed by atoms with E-state index in [-0.39, 0.29) is 12.0 Å². The monoisotopic (exact) mass is 241 g/mol. The minimum Gasteiger partial charge on any atom is -0.364 e. The van der Waals surface area contributed by atoms with Gasteiger partial charge in [0.15, 0.2) is 6.10 Å². The van der Waals surface area contributed by atoms with Gasteiger partial charge in [0.25, 0.3) is 0 Å². The van der Waals surface area contributed by atoms with Crippen molar-refractivity contribution >= 4 is 0 Å². The number of hydrogen-bond donors (Lipinski definition) is 1. The van der Waals surface area contributed by atoms with Gasteiger partial charge in [0.1, 0.15) is 0 Å². The van der Waals surface area contributed by atoms with Crippen molar-refractivity contribution in [1.82, 2.24) is 5.32 Å². The lowest BCUT2D eigenvalue weighted by molar-refractivity contribution is -0.230. The summed E-state index contributed by atoms with van der Waals surface area (Å²) in [6, 6.07) is 0.242. The van der Waals surface area contributed by atoms with Crippen LogP contribution in [0, 0.1) is 5.92 Å². The molecule has 0 aliphatic heterocycles. The molecule has 16 heavy (non-hydrogen) atoms. The summed E-state index contributed by atoms with van der Waals surface area (Å²) in [5, 5.41) is 3.09. The fourth-order valence-corrected chi connectivity index (χ4v) is 1.13. The number of halogens is 3. The largest absolute Gasteiger partial charge is 0.414 e. The van der Waals surface area contributed by atoms with Crippen molar-refractivity contribution in [3.63, 3.8) is 0 Å². The zero-order chi connectivity index (χ0) is 12.9. The molecule has 5 heteroatoms. The van der Waals surface area contributed by atoms with E-state index in [0.29, 0.717) is 6.54 Å². The first-order chi connectivity index (χ1) is 7.14. The maximum Gasteiger partial charge on any atom is 0.414 e. The van der Waals surface area contributed by atoms with Gasteiger partial charge in [0.2, 0.25) is 0 Å². The third-order valence-corrected chi connectivity index (χ3v) is 2.31. The Morgan fingerprint density at radius 3 is 1.88 bits per heavy atom. The summed E-state index contributed by atoms with van der Waals surface area (Å²) >= 11 is 0. The van der Waals surface area contributed by atoms with Gasteiger partial charge in [-0.15, -0.1) is 0 Å². The molecule has 0 fully saturated rings. The normalized spacial score (nSPS) is 16.9. The van der Waals surface area contributed by atoms with Crippen LogP contribution in [0.25, 0.3) is 0 Å². The highest BCUT2D eigenvalue weighted by Gasteiger charge is 2.38. The van der Waals surface area contributed by atoms with Gasteiger partial charge in [0, 0.05) is 12.6 Å². The van der Waals surface area contributed by atoms with E-state index in [1.54, 1.807) is 0 Å². The van der Waals surface area contributed by atoms with Crippen molar-refractivity contribution in [3.05, 3.63) is 0 Å². The van der Waals surface area contributed by atoms with Crippen LogP contribution >= 0.6 is 0 Å². The Kier molecular flexibility index (Phi) is 6.33. The Bertz CT molecular complexity index is 192. The quantitative estimate of drug-likeness (QED) is 0.772. The van der Waals surface area contributed by atoms with E-state index >= 15 is 0 Å². The summed E-state index contributed by atoms with van der Waals surface area (Å²) in [6.07, 6.45) is -6.42. The van der Waals surface area contributed by atoms with Crippen LogP contribution in [0.3, 0.4) is 0 Å². The Balaban J connectivity index is 4.23. The second kappa shape index (κ2) is 6.45. The predicted octanol–water partition coefficient (Wildman–Crippen LogP) is 2.98. The van der Waals surface area contributed by atoms with Crippen LogP contribution in [-0.4, -0.2) is 31.0 Å². The van der Waals surface area contributed by atoms with Crippen molar-refractivity contribution in [2.75, 3.05) is 6.54 Å². The molecule has 0 saturated heterocycles. The lowest BCUT2D eigenvalue weighted by Gasteiger charge is -2.27. The maximum absolute atomic E-state index is 12.3. The van der Waals surface area contributed by atoms with Gasteiger partial charge in [-0.2, -0.15) is 13.2 Å². The zero-order valence-corrected chi connectivity index (χ0v) is 10.6. The molecule has 1 N–H and O–H groups in total. The van der Waals surface area contributed by atoms with Crippen molar-refractivity contribution in [2.45, 2.75) is 59.0 Å². The zero-order valence-electron chi connectivity index (χ0n) is 10.6. The van der Waals surface area contributed by atoms with Crippen LogP contribution in [0.15, 0.2) is 0 Å². The predicted molar refractivity (Wildman–Crippen MR) is 58.4 cm³/mol. The first-order valence-electron chi connectivity index (χ1n) is 5.60. The van der Waals surface area contributed by atoms with Gasteiger partial charge in [0.05, 0.1) is 6.10 Å². The van der Waals surface area contributed by atoms with Gasteiger partial charge < -0.3 is 10.1 Å². The Labute approximate surface area is 95.5 Å². The number of alkyl halides is 3. The fraction of sp³-hybridized carbons (Fsp3) is 1.00. The molecule has 0 aromatic heterocycles. The van der Waals surface area contributed by atoms with Gasteiger partial charge in [-0.05, 0) is 12.8 Å². The molecule has 98 valence electrons. The molecule has 2 nitrogen and oxygen atoms in total. The van der Waals surface area contributed by atoms with Crippen molar-refractivity contribution in [3.8, 4) is 0 Å². The Morgan fingerprint density at radius 2 is 1.56 bits per heavy atom. The number of ether oxygens (including phenoxy) is 1.